The van der Waals surface area contributed by atoms with Gasteiger partial charge in [-0.15, -0.1) is 0 Å². The Balaban J connectivity index is 2.28. The van der Waals surface area contributed by atoms with Gasteiger partial charge in [-0.1, -0.05) is 18.1 Å². The number of primary amides is 1. The minimum absolute atomic E-state index is 0.00318. The highest BCUT2D eigenvalue weighted by molar-refractivity contribution is 5.96. The van der Waals surface area contributed by atoms with E-state index >= 15 is 0 Å². The average Bonchev–Trinajstić information content (AvgIpc) is 2.58. The Bertz CT molecular complexity index is 837. The van der Waals surface area contributed by atoms with E-state index in [0.717, 1.165) is 0 Å². The molecular weight excluding hydrogens is 310 g/mol. The van der Waals surface area contributed by atoms with E-state index in [2.05, 4.69) is 21.6 Å². The number of carbonyl (C=O) groups is 2. The number of nitrogen functional groups attached to an aromatic ring is 1. The van der Waals surface area contributed by atoms with E-state index in [-0.39, 0.29) is 24.6 Å². The van der Waals surface area contributed by atoms with Gasteiger partial charge in [-0.3, -0.25) is 4.79 Å². The second-order valence-electron chi connectivity index (χ2n) is 4.69. The average molecular weight is 325 g/mol. The number of rotatable bonds is 4. The molecule has 7 nitrogen and oxygen atoms in total. The van der Waals surface area contributed by atoms with Crippen molar-refractivity contribution < 1.29 is 19.4 Å². The lowest BCUT2D eigenvalue weighted by molar-refractivity contribution is -0.137. The van der Waals surface area contributed by atoms with Gasteiger partial charge in [0.05, 0.1) is 18.0 Å². The lowest BCUT2D eigenvalue weighted by Gasteiger charge is -2.05. The number of benzene rings is 1. The Hall–Kier alpha value is -3.37. The van der Waals surface area contributed by atoms with Crippen molar-refractivity contribution in [1.29, 1.82) is 0 Å². The Morgan fingerprint density at radius 2 is 2.04 bits per heavy atom. The second-order valence-corrected chi connectivity index (χ2v) is 4.69. The maximum absolute atomic E-state index is 11.3. The number of carbonyl (C=O) groups excluding carboxylic acids is 2. The largest absolute Gasteiger partial charge is 0.454 e. The zero-order chi connectivity index (χ0) is 17.5. The normalized spacial score (nSPS) is 9.71. The summed E-state index contributed by atoms with van der Waals surface area (Å²) >= 11 is 0. The van der Waals surface area contributed by atoms with Crippen LogP contribution in [0.2, 0.25) is 0 Å². The molecule has 0 atom stereocenters. The summed E-state index contributed by atoms with van der Waals surface area (Å²) in [6, 6.07) is 10.1. The molecule has 0 aliphatic carbocycles. The fraction of sp³-hybridized carbons (Fsp3) is 0.118. The standard InChI is InChI=1S/C17H15N3O4/c18-13-5-6-14(20-16(13)17(19)23)12-3-1-2-11(10-12)4-7-15(22)24-9-8-21/h1-3,5-6,10,21H,8-9,18H2,(H2,19,23). The number of nitrogens with two attached hydrogens (primary N) is 2. The molecular formula is C17H15N3O4. The molecule has 0 aliphatic heterocycles. The highest BCUT2D eigenvalue weighted by atomic mass is 16.5. The first-order valence-electron chi connectivity index (χ1n) is 6.97. The summed E-state index contributed by atoms with van der Waals surface area (Å²) in [6.07, 6.45) is 0. The van der Waals surface area contributed by atoms with Gasteiger partial charge in [0.25, 0.3) is 5.91 Å². The summed E-state index contributed by atoms with van der Waals surface area (Å²) in [5.74, 6) is 3.54. The number of pyridine rings is 1. The van der Waals surface area contributed by atoms with Gasteiger partial charge >= 0.3 is 5.97 Å². The van der Waals surface area contributed by atoms with E-state index in [4.69, 9.17) is 16.6 Å². The lowest BCUT2D eigenvalue weighted by Crippen LogP contribution is -2.15. The van der Waals surface area contributed by atoms with Crippen molar-refractivity contribution >= 4 is 17.6 Å². The molecule has 0 aliphatic rings. The van der Waals surface area contributed by atoms with Crippen LogP contribution in [0.3, 0.4) is 0 Å². The SMILES string of the molecule is NC(=O)c1nc(-c2cccc(C#CC(=O)OCCO)c2)ccc1N. The predicted octanol–water partition coefficient (Wildman–Crippen LogP) is 0.317. The minimum Gasteiger partial charge on any atom is -0.454 e. The van der Waals surface area contributed by atoms with Crippen LogP contribution in [-0.4, -0.2) is 35.2 Å². The fourth-order valence-corrected chi connectivity index (χ4v) is 1.88. The van der Waals surface area contributed by atoms with E-state index in [9.17, 15) is 9.59 Å². The van der Waals surface area contributed by atoms with Gasteiger partial charge in [-0.2, -0.15) is 0 Å². The monoisotopic (exact) mass is 325 g/mol. The van der Waals surface area contributed by atoms with Crippen LogP contribution in [0, 0.1) is 11.8 Å². The maximum atomic E-state index is 11.3. The van der Waals surface area contributed by atoms with Gasteiger partial charge < -0.3 is 21.3 Å². The zero-order valence-electron chi connectivity index (χ0n) is 12.7. The summed E-state index contributed by atoms with van der Waals surface area (Å²) in [4.78, 5) is 26.8. The van der Waals surface area contributed by atoms with E-state index in [1.807, 2.05) is 0 Å². The minimum atomic E-state index is -0.726. The van der Waals surface area contributed by atoms with Gasteiger partial charge in [0.2, 0.25) is 0 Å². The Morgan fingerprint density at radius 1 is 1.25 bits per heavy atom. The molecule has 1 amide bonds. The summed E-state index contributed by atoms with van der Waals surface area (Å²) in [7, 11) is 0. The maximum Gasteiger partial charge on any atom is 0.384 e. The number of aliphatic hydroxyl groups is 1. The number of nitrogens with zero attached hydrogens (tertiary/aromatic N) is 1. The Morgan fingerprint density at radius 3 is 2.75 bits per heavy atom. The molecule has 7 heteroatoms. The molecule has 1 aromatic carbocycles. The summed E-state index contributed by atoms with van der Waals surface area (Å²) < 4.78 is 4.64. The Labute approximate surface area is 138 Å². The lowest BCUT2D eigenvalue weighted by atomic mass is 10.1. The quantitative estimate of drug-likeness (QED) is 0.548. The van der Waals surface area contributed by atoms with E-state index in [1.165, 1.54) is 0 Å². The molecule has 0 radical (unpaired) electrons. The van der Waals surface area contributed by atoms with Gasteiger partial charge in [-0.25, -0.2) is 9.78 Å². The van der Waals surface area contributed by atoms with Crippen molar-refractivity contribution in [3.63, 3.8) is 0 Å². The number of esters is 1. The van der Waals surface area contributed by atoms with Crippen LogP contribution in [0.25, 0.3) is 11.3 Å². The predicted molar refractivity (Wildman–Crippen MR) is 87.5 cm³/mol. The molecule has 0 unspecified atom stereocenters. The first-order valence-corrected chi connectivity index (χ1v) is 6.97. The van der Waals surface area contributed by atoms with E-state index < -0.39 is 11.9 Å². The molecule has 0 fully saturated rings. The molecule has 24 heavy (non-hydrogen) atoms. The van der Waals surface area contributed by atoms with Crippen LogP contribution in [0.15, 0.2) is 36.4 Å². The van der Waals surface area contributed by atoms with Gasteiger partial charge in [0.1, 0.15) is 6.61 Å². The van der Waals surface area contributed by atoms with Crippen molar-refractivity contribution in [3.05, 3.63) is 47.7 Å². The highest BCUT2D eigenvalue weighted by Gasteiger charge is 2.10. The van der Waals surface area contributed by atoms with Crippen LogP contribution in [0.4, 0.5) is 5.69 Å². The van der Waals surface area contributed by atoms with Crippen LogP contribution in [0.1, 0.15) is 16.1 Å². The molecule has 2 rings (SSSR count). The number of amides is 1. The molecule has 122 valence electrons. The summed E-state index contributed by atoms with van der Waals surface area (Å²) in [6.45, 7) is -0.354. The fourth-order valence-electron chi connectivity index (χ4n) is 1.88. The molecule has 0 saturated heterocycles. The van der Waals surface area contributed by atoms with Gasteiger partial charge in [-0.05, 0) is 24.3 Å². The number of hydrogen-bond donors (Lipinski definition) is 3. The van der Waals surface area contributed by atoms with Crippen molar-refractivity contribution in [1.82, 2.24) is 4.98 Å². The summed E-state index contributed by atoms with van der Waals surface area (Å²) in [5.41, 5.74) is 12.9. The zero-order valence-corrected chi connectivity index (χ0v) is 12.7. The number of ether oxygens (including phenoxy) is 1. The number of aliphatic hydroxyl groups excluding tert-OH is 1. The molecule has 0 bridgehead atoms. The van der Waals surface area contributed by atoms with Crippen molar-refractivity contribution in [2.75, 3.05) is 18.9 Å². The molecule has 0 saturated carbocycles. The van der Waals surface area contributed by atoms with E-state index in [0.29, 0.717) is 16.8 Å². The van der Waals surface area contributed by atoms with Crippen LogP contribution in [-0.2, 0) is 9.53 Å². The number of anilines is 1. The van der Waals surface area contributed by atoms with Crippen molar-refractivity contribution in [2.24, 2.45) is 5.73 Å². The number of hydrogen-bond acceptors (Lipinski definition) is 6. The first-order chi connectivity index (χ1) is 11.5. The summed E-state index contributed by atoms with van der Waals surface area (Å²) in [5, 5.41) is 8.57. The van der Waals surface area contributed by atoms with Crippen LogP contribution >= 0.6 is 0 Å². The molecule has 0 spiro atoms. The smallest absolute Gasteiger partial charge is 0.384 e. The highest BCUT2D eigenvalue weighted by Crippen LogP contribution is 2.21. The molecule has 1 heterocycles. The third-order valence-corrected chi connectivity index (χ3v) is 2.95. The molecule has 5 N–H and O–H groups in total. The van der Waals surface area contributed by atoms with Crippen LogP contribution < -0.4 is 11.5 Å². The third-order valence-electron chi connectivity index (χ3n) is 2.95. The van der Waals surface area contributed by atoms with Gasteiger partial charge in [0.15, 0.2) is 5.69 Å². The van der Waals surface area contributed by atoms with Crippen molar-refractivity contribution in [2.45, 2.75) is 0 Å². The van der Waals surface area contributed by atoms with Gasteiger partial charge in [0, 0.05) is 17.0 Å². The Kier molecular flexibility index (Phi) is 5.49. The topological polar surface area (TPSA) is 129 Å². The molecule has 2 aromatic rings. The molecule has 1 aromatic heterocycles. The number of aromatic nitrogens is 1. The van der Waals surface area contributed by atoms with Crippen molar-refractivity contribution in [3.8, 4) is 23.1 Å². The second kappa shape index (κ2) is 7.76. The van der Waals surface area contributed by atoms with Crippen LogP contribution in [0.5, 0.6) is 0 Å². The first kappa shape index (κ1) is 17.0. The third kappa shape index (κ3) is 4.32. The van der Waals surface area contributed by atoms with E-state index in [1.54, 1.807) is 36.4 Å².